The van der Waals surface area contributed by atoms with Gasteiger partial charge in [-0.05, 0) is 141 Å². The molecule has 236 valence electrons. The molecule has 0 atom stereocenters. The summed E-state index contributed by atoms with van der Waals surface area (Å²) in [4.78, 5) is 0. The van der Waals surface area contributed by atoms with Crippen LogP contribution in [0.2, 0.25) is 0 Å². The molecule has 0 amide bonds. The van der Waals surface area contributed by atoms with E-state index >= 15 is 0 Å². The topological polar surface area (TPSA) is 121 Å². The molecule has 0 unspecified atom stereocenters. The van der Waals surface area contributed by atoms with Crippen molar-refractivity contribution < 1.29 is 30.6 Å². The quantitative estimate of drug-likeness (QED) is 0.0963. The van der Waals surface area contributed by atoms with Crippen LogP contribution in [0.15, 0.2) is 115 Å². The molecule has 6 aromatic rings. The lowest BCUT2D eigenvalue weighted by Crippen LogP contribution is -2.00. The maximum atomic E-state index is 11.6. The van der Waals surface area contributed by atoms with Gasteiger partial charge >= 0.3 is 0 Å². The van der Waals surface area contributed by atoms with E-state index in [4.69, 9.17) is 0 Å². The Balaban J connectivity index is 1.49. The van der Waals surface area contributed by atoms with E-state index < -0.39 is 0 Å². The van der Waals surface area contributed by atoms with Crippen LogP contribution in [0, 0.1) is 6.92 Å². The largest absolute Gasteiger partial charge is 0.508 e. The van der Waals surface area contributed by atoms with Gasteiger partial charge in [-0.1, -0.05) is 42.5 Å². The van der Waals surface area contributed by atoms with Crippen molar-refractivity contribution in [2.75, 3.05) is 0 Å². The van der Waals surface area contributed by atoms with E-state index in [9.17, 15) is 30.6 Å². The zero-order valence-electron chi connectivity index (χ0n) is 26.0. The molecule has 0 bridgehead atoms. The second kappa shape index (κ2) is 13.2. The predicted molar refractivity (Wildman–Crippen MR) is 184 cm³/mol. The van der Waals surface area contributed by atoms with Crippen molar-refractivity contribution in [3.05, 3.63) is 165 Å². The van der Waals surface area contributed by atoms with Gasteiger partial charge in [-0.25, -0.2) is 0 Å². The summed E-state index contributed by atoms with van der Waals surface area (Å²) in [6.07, 6.45) is 1.73. The molecule has 6 aromatic carbocycles. The first-order chi connectivity index (χ1) is 22.6. The lowest BCUT2D eigenvalue weighted by molar-refractivity contribution is 0.462. The van der Waals surface area contributed by atoms with Crippen LogP contribution in [0.5, 0.6) is 34.5 Å². The molecule has 6 nitrogen and oxygen atoms in total. The number of benzene rings is 6. The van der Waals surface area contributed by atoms with E-state index in [1.807, 2.05) is 73.7 Å². The molecule has 6 heteroatoms. The highest BCUT2D eigenvalue weighted by molar-refractivity contribution is 5.72. The van der Waals surface area contributed by atoms with Crippen LogP contribution in [0.3, 0.4) is 0 Å². The Morgan fingerprint density at radius 1 is 0.340 bits per heavy atom. The number of rotatable bonds is 9. The van der Waals surface area contributed by atoms with Crippen molar-refractivity contribution >= 4 is 0 Å². The molecule has 0 radical (unpaired) electrons. The van der Waals surface area contributed by atoms with Crippen molar-refractivity contribution in [2.24, 2.45) is 0 Å². The average molecular weight is 625 g/mol. The van der Waals surface area contributed by atoms with Crippen LogP contribution >= 0.6 is 0 Å². The summed E-state index contributed by atoms with van der Waals surface area (Å²) in [6, 6.07) is 33.8. The molecule has 0 aliphatic heterocycles. The Morgan fingerprint density at radius 3 is 1.00 bits per heavy atom. The summed E-state index contributed by atoms with van der Waals surface area (Å²) >= 11 is 0. The van der Waals surface area contributed by atoms with Crippen molar-refractivity contribution in [1.82, 2.24) is 0 Å². The van der Waals surface area contributed by atoms with Gasteiger partial charge < -0.3 is 30.6 Å². The SMILES string of the molecule is Cc1cc(O)ccc1Cc1cc(-c2cc(Cc3ccc(O)cc3)c(O)c(Cc3ccc(O)cc3)c2)cc(Cc2ccc(O)cc2)c1O. The fourth-order valence-electron chi connectivity index (χ4n) is 5.98. The van der Waals surface area contributed by atoms with Crippen LogP contribution in [-0.2, 0) is 25.7 Å². The first kappa shape index (κ1) is 31.1. The van der Waals surface area contributed by atoms with E-state index in [1.54, 1.807) is 48.5 Å². The Morgan fingerprint density at radius 2 is 0.660 bits per heavy atom. The van der Waals surface area contributed by atoms with E-state index in [2.05, 4.69) is 0 Å². The zero-order valence-corrected chi connectivity index (χ0v) is 26.0. The molecular weight excluding hydrogens is 588 g/mol. The number of phenolic OH excluding ortho intramolecular Hbond substituents is 6. The van der Waals surface area contributed by atoms with Gasteiger partial charge in [0.15, 0.2) is 0 Å². The van der Waals surface area contributed by atoms with E-state index in [0.717, 1.165) is 44.5 Å². The molecule has 47 heavy (non-hydrogen) atoms. The molecule has 0 saturated heterocycles. The predicted octanol–water partition coefficient (Wildman–Crippen LogP) is 8.26. The van der Waals surface area contributed by atoms with Crippen LogP contribution < -0.4 is 0 Å². The van der Waals surface area contributed by atoms with Gasteiger partial charge in [-0.3, -0.25) is 0 Å². The minimum absolute atomic E-state index is 0.168. The summed E-state index contributed by atoms with van der Waals surface area (Å²) in [7, 11) is 0. The third-order valence-electron chi connectivity index (χ3n) is 8.57. The first-order valence-electron chi connectivity index (χ1n) is 15.4. The molecule has 0 aromatic heterocycles. The van der Waals surface area contributed by atoms with Gasteiger partial charge in [0, 0.05) is 25.7 Å². The Labute approximate surface area is 273 Å². The van der Waals surface area contributed by atoms with Gasteiger partial charge in [0.2, 0.25) is 0 Å². The smallest absolute Gasteiger partial charge is 0.122 e. The average Bonchev–Trinajstić information content (AvgIpc) is 3.05. The summed E-state index contributed by atoms with van der Waals surface area (Å²) in [5.41, 5.74) is 9.24. The van der Waals surface area contributed by atoms with Crippen LogP contribution in [0.25, 0.3) is 11.1 Å². The van der Waals surface area contributed by atoms with Crippen molar-refractivity contribution in [2.45, 2.75) is 32.6 Å². The zero-order chi connectivity index (χ0) is 33.1. The molecule has 0 aliphatic carbocycles. The summed E-state index contributed by atoms with van der Waals surface area (Å²) in [5.74, 6) is 1.05. The minimum atomic E-state index is 0.168. The highest BCUT2D eigenvalue weighted by Gasteiger charge is 2.18. The second-order valence-corrected chi connectivity index (χ2v) is 12.1. The van der Waals surface area contributed by atoms with E-state index in [1.165, 1.54) is 0 Å². The number of aryl methyl sites for hydroxylation is 1. The third-order valence-corrected chi connectivity index (χ3v) is 8.57. The van der Waals surface area contributed by atoms with E-state index in [0.29, 0.717) is 42.4 Å². The van der Waals surface area contributed by atoms with Crippen molar-refractivity contribution in [3.63, 3.8) is 0 Å². The molecule has 6 rings (SSSR count). The van der Waals surface area contributed by atoms with Crippen LogP contribution in [-0.4, -0.2) is 30.6 Å². The summed E-state index contributed by atoms with van der Waals surface area (Å²) < 4.78 is 0. The molecule has 6 N–H and O–H groups in total. The molecule has 0 heterocycles. The fourth-order valence-corrected chi connectivity index (χ4v) is 5.98. The molecule has 0 fully saturated rings. The van der Waals surface area contributed by atoms with E-state index in [-0.39, 0.29) is 34.5 Å². The normalized spacial score (nSPS) is 11.1. The maximum Gasteiger partial charge on any atom is 0.122 e. The first-order valence-corrected chi connectivity index (χ1v) is 15.4. The van der Waals surface area contributed by atoms with Crippen LogP contribution in [0.4, 0.5) is 0 Å². The molecule has 0 aliphatic rings. The second-order valence-electron chi connectivity index (χ2n) is 12.1. The maximum absolute atomic E-state index is 11.6. The number of hydrogen-bond acceptors (Lipinski definition) is 6. The summed E-state index contributed by atoms with van der Waals surface area (Å²) in [6.45, 7) is 1.93. The van der Waals surface area contributed by atoms with Gasteiger partial charge in [0.1, 0.15) is 34.5 Å². The molecule has 0 saturated carbocycles. The monoisotopic (exact) mass is 624 g/mol. The van der Waals surface area contributed by atoms with Gasteiger partial charge in [-0.15, -0.1) is 0 Å². The highest BCUT2D eigenvalue weighted by Crippen LogP contribution is 2.38. The van der Waals surface area contributed by atoms with Crippen molar-refractivity contribution in [3.8, 4) is 45.6 Å². The van der Waals surface area contributed by atoms with Gasteiger partial charge in [0.05, 0.1) is 0 Å². The van der Waals surface area contributed by atoms with Gasteiger partial charge in [0.25, 0.3) is 0 Å². The lowest BCUT2D eigenvalue weighted by atomic mass is 9.89. The number of phenols is 6. The Kier molecular flexibility index (Phi) is 8.76. The Bertz CT molecular complexity index is 1960. The van der Waals surface area contributed by atoms with Crippen molar-refractivity contribution in [1.29, 1.82) is 0 Å². The molecular formula is C41H36O6. The standard InChI is InChI=1S/C41H36O6/c1-25-16-39(45)15-8-29(25)20-35-24-31(23-34(41(35)47)19-28-6-13-38(44)14-7-28)30-21-32(17-26-2-9-36(42)10-3-26)40(46)33(22-30)18-27-4-11-37(43)12-5-27/h2-16,21-24,42-47H,17-20H2,1H3. The number of hydrogen-bond donors (Lipinski definition) is 6. The van der Waals surface area contributed by atoms with Crippen LogP contribution in [0.1, 0.15) is 50.1 Å². The van der Waals surface area contributed by atoms with Gasteiger partial charge in [-0.2, -0.15) is 0 Å². The lowest BCUT2D eigenvalue weighted by Gasteiger charge is -2.18. The Hall–Kier alpha value is -5.88. The highest BCUT2D eigenvalue weighted by atomic mass is 16.3. The summed E-state index contributed by atoms with van der Waals surface area (Å²) in [5, 5.41) is 62.6. The third kappa shape index (κ3) is 7.34. The minimum Gasteiger partial charge on any atom is -0.508 e. The molecule has 0 spiro atoms. The fraction of sp³-hybridized carbons (Fsp3) is 0.122. The number of aromatic hydroxyl groups is 6.